The Bertz CT molecular complexity index is 760. The molecule has 0 aliphatic heterocycles. The highest BCUT2D eigenvalue weighted by atomic mass is 16.5. The average molecular weight is 355 g/mol. The first-order chi connectivity index (χ1) is 12.5. The molecule has 1 aromatic heterocycles. The van der Waals surface area contributed by atoms with Crippen molar-refractivity contribution in [2.45, 2.75) is 44.6 Å². The Kier molecular flexibility index (Phi) is 4.42. The molecule has 0 saturated heterocycles. The van der Waals surface area contributed by atoms with Gasteiger partial charge in [-0.1, -0.05) is 12.2 Å². The van der Waals surface area contributed by atoms with E-state index in [1.165, 1.54) is 13.5 Å². The molecule has 0 spiro atoms. The Morgan fingerprint density at radius 1 is 1.19 bits per heavy atom. The Balaban J connectivity index is 1.53. The zero-order valence-corrected chi connectivity index (χ0v) is 15.0. The maximum Gasteiger partial charge on any atom is 0.308 e. The number of nitrogens with two attached hydrogens (primary N) is 1. The SMILES string of the molecule is COC(=O)C1C[C@H]2CC(Nc3c(C(N)=O)cnc4c3C=CC4)C[C@@H](C1)C2. The molecule has 26 heavy (non-hydrogen) atoms. The number of ether oxygens (including phenoxy) is 1. The van der Waals surface area contributed by atoms with Crippen molar-refractivity contribution in [2.75, 3.05) is 12.4 Å². The standard InChI is InChI=1S/C20H25N3O3/c1-26-20(25)13-6-11-5-12(7-13)9-14(8-11)23-18-15-3-2-4-17(15)22-10-16(18)19(21)24/h2-3,10-14H,4-9H2,1H3,(H2,21,24)(H,22,23)/t11-,12+,13?,14?. The van der Waals surface area contributed by atoms with Crippen LogP contribution in [0.3, 0.4) is 0 Å². The number of primary amides is 1. The highest BCUT2D eigenvalue weighted by Crippen LogP contribution is 2.44. The van der Waals surface area contributed by atoms with Crippen LogP contribution in [-0.2, 0) is 16.0 Å². The van der Waals surface area contributed by atoms with Crippen molar-refractivity contribution in [1.82, 2.24) is 4.98 Å². The van der Waals surface area contributed by atoms with Gasteiger partial charge < -0.3 is 15.8 Å². The Hall–Kier alpha value is -2.37. The Morgan fingerprint density at radius 3 is 2.58 bits per heavy atom. The van der Waals surface area contributed by atoms with Crippen molar-refractivity contribution in [3.63, 3.8) is 0 Å². The molecule has 1 amide bonds. The van der Waals surface area contributed by atoms with E-state index in [1.807, 2.05) is 6.08 Å². The van der Waals surface area contributed by atoms with Crippen LogP contribution in [0.15, 0.2) is 12.3 Å². The molecule has 3 N–H and O–H groups in total. The Morgan fingerprint density at radius 2 is 1.92 bits per heavy atom. The second-order valence-electron chi connectivity index (χ2n) is 7.85. The molecule has 2 fully saturated rings. The number of carbonyl (C=O) groups is 2. The number of methoxy groups -OCH3 is 1. The summed E-state index contributed by atoms with van der Waals surface area (Å²) in [6.07, 6.45) is 11.5. The number of nitrogens with one attached hydrogen (secondary N) is 1. The van der Waals surface area contributed by atoms with Crippen LogP contribution in [0.4, 0.5) is 5.69 Å². The number of fused-ring (bicyclic) bond motifs is 3. The second kappa shape index (κ2) is 6.74. The lowest BCUT2D eigenvalue weighted by Gasteiger charge is -2.42. The molecule has 1 aromatic rings. The summed E-state index contributed by atoms with van der Waals surface area (Å²) >= 11 is 0. The van der Waals surface area contributed by atoms with Crippen LogP contribution in [0.25, 0.3) is 6.08 Å². The van der Waals surface area contributed by atoms with Crippen LogP contribution in [0.2, 0.25) is 0 Å². The summed E-state index contributed by atoms with van der Waals surface area (Å²) in [5.74, 6) is 0.557. The van der Waals surface area contributed by atoms with Crippen molar-refractivity contribution >= 4 is 23.6 Å². The van der Waals surface area contributed by atoms with Gasteiger partial charge in [-0.25, -0.2) is 0 Å². The quantitative estimate of drug-likeness (QED) is 0.810. The molecule has 4 rings (SSSR count). The highest BCUT2D eigenvalue weighted by Gasteiger charge is 2.39. The topological polar surface area (TPSA) is 94.3 Å². The molecule has 6 nitrogen and oxygen atoms in total. The number of hydrogen-bond donors (Lipinski definition) is 2. The number of allylic oxidation sites excluding steroid dienone is 1. The van der Waals surface area contributed by atoms with E-state index < -0.39 is 5.91 Å². The van der Waals surface area contributed by atoms with E-state index in [1.54, 1.807) is 6.20 Å². The summed E-state index contributed by atoms with van der Waals surface area (Å²) in [4.78, 5) is 28.2. The van der Waals surface area contributed by atoms with Crippen LogP contribution in [0, 0.1) is 17.8 Å². The smallest absolute Gasteiger partial charge is 0.308 e. The number of amides is 1. The normalized spacial score (nSPS) is 29.1. The molecule has 138 valence electrons. The lowest BCUT2D eigenvalue weighted by atomic mass is 9.66. The van der Waals surface area contributed by atoms with Gasteiger partial charge in [-0.05, 0) is 43.9 Å². The molecular formula is C20H25N3O3. The minimum Gasteiger partial charge on any atom is -0.469 e. The van der Waals surface area contributed by atoms with Crippen LogP contribution in [-0.4, -0.2) is 30.0 Å². The van der Waals surface area contributed by atoms with E-state index in [9.17, 15) is 9.59 Å². The van der Waals surface area contributed by atoms with Gasteiger partial charge in [0.05, 0.1) is 30.0 Å². The van der Waals surface area contributed by atoms with Gasteiger partial charge in [0.25, 0.3) is 5.91 Å². The maximum absolute atomic E-state index is 11.9. The fourth-order valence-electron chi connectivity index (χ4n) is 5.07. The molecule has 2 bridgehead atoms. The van der Waals surface area contributed by atoms with Gasteiger partial charge in [-0.15, -0.1) is 0 Å². The third-order valence-corrected chi connectivity index (χ3v) is 6.08. The minimum atomic E-state index is -0.454. The second-order valence-corrected chi connectivity index (χ2v) is 7.85. The molecule has 4 atom stereocenters. The van der Waals surface area contributed by atoms with E-state index in [4.69, 9.17) is 10.5 Å². The summed E-state index contributed by atoms with van der Waals surface area (Å²) in [6, 6.07) is 0.288. The number of nitrogens with zero attached hydrogens (tertiary/aromatic N) is 1. The third-order valence-electron chi connectivity index (χ3n) is 6.08. The molecule has 0 aromatic carbocycles. The summed E-state index contributed by atoms with van der Waals surface area (Å²) in [5.41, 5.74) is 8.84. The zero-order chi connectivity index (χ0) is 18.3. The summed E-state index contributed by atoms with van der Waals surface area (Å²) in [7, 11) is 1.47. The van der Waals surface area contributed by atoms with Crippen LogP contribution >= 0.6 is 0 Å². The fraction of sp³-hybridized carbons (Fsp3) is 0.550. The molecular weight excluding hydrogens is 330 g/mol. The van der Waals surface area contributed by atoms with Gasteiger partial charge in [-0.2, -0.15) is 0 Å². The minimum absolute atomic E-state index is 0.0407. The summed E-state index contributed by atoms with van der Waals surface area (Å²) in [5, 5.41) is 3.61. The van der Waals surface area contributed by atoms with Gasteiger partial charge in [0.1, 0.15) is 0 Å². The molecule has 2 unspecified atom stereocenters. The number of anilines is 1. The lowest BCUT2D eigenvalue weighted by Crippen LogP contribution is -2.39. The van der Waals surface area contributed by atoms with Crippen LogP contribution in [0.1, 0.15) is 53.7 Å². The lowest BCUT2D eigenvalue weighted by molar-refractivity contribution is -0.148. The third kappa shape index (κ3) is 3.08. The first kappa shape index (κ1) is 17.1. The fourth-order valence-corrected chi connectivity index (χ4v) is 5.07. The maximum atomic E-state index is 11.9. The van der Waals surface area contributed by atoms with Gasteiger partial charge in [0.2, 0.25) is 0 Å². The first-order valence-electron chi connectivity index (χ1n) is 9.37. The molecule has 0 radical (unpaired) electrons. The van der Waals surface area contributed by atoms with Crippen molar-refractivity contribution < 1.29 is 14.3 Å². The van der Waals surface area contributed by atoms with E-state index in [2.05, 4.69) is 16.4 Å². The van der Waals surface area contributed by atoms with Crippen LogP contribution in [0.5, 0.6) is 0 Å². The predicted octanol–water partition coefficient (Wildman–Crippen LogP) is 2.53. The van der Waals surface area contributed by atoms with Crippen molar-refractivity contribution in [3.8, 4) is 0 Å². The zero-order valence-electron chi connectivity index (χ0n) is 15.0. The van der Waals surface area contributed by atoms with Crippen molar-refractivity contribution in [3.05, 3.63) is 29.1 Å². The number of aromatic nitrogens is 1. The monoisotopic (exact) mass is 355 g/mol. The molecule has 3 aliphatic carbocycles. The van der Waals surface area contributed by atoms with E-state index in [-0.39, 0.29) is 17.9 Å². The largest absolute Gasteiger partial charge is 0.469 e. The van der Waals surface area contributed by atoms with Gasteiger partial charge in [0.15, 0.2) is 0 Å². The molecule has 6 heteroatoms. The van der Waals surface area contributed by atoms with Crippen molar-refractivity contribution in [1.29, 1.82) is 0 Å². The number of rotatable bonds is 4. The first-order valence-corrected chi connectivity index (χ1v) is 9.37. The summed E-state index contributed by atoms with van der Waals surface area (Å²) < 4.78 is 4.95. The van der Waals surface area contributed by atoms with Crippen LogP contribution < -0.4 is 11.1 Å². The van der Waals surface area contributed by atoms with E-state index >= 15 is 0 Å². The number of carbonyl (C=O) groups excluding carboxylic acids is 2. The number of hydrogen-bond acceptors (Lipinski definition) is 5. The predicted molar refractivity (Wildman–Crippen MR) is 98.5 cm³/mol. The molecule has 1 heterocycles. The molecule has 2 saturated carbocycles. The highest BCUT2D eigenvalue weighted by molar-refractivity contribution is 6.00. The molecule has 3 aliphatic rings. The number of esters is 1. The average Bonchev–Trinajstić information content (AvgIpc) is 3.09. The van der Waals surface area contributed by atoms with E-state index in [0.717, 1.165) is 49.0 Å². The Labute approximate surface area is 153 Å². The van der Waals surface area contributed by atoms with E-state index in [0.29, 0.717) is 17.4 Å². The van der Waals surface area contributed by atoms with Crippen molar-refractivity contribution in [2.24, 2.45) is 23.5 Å². The van der Waals surface area contributed by atoms with Gasteiger partial charge in [0, 0.05) is 24.2 Å². The van der Waals surface area contributed by atoms with Gasteiger partial charge >= 0.3 is 5.97 Å². The number of pyridine rings is 1. The van der Waals surface area contributed by atoms with Gasteiger partial charge in [-0.3, -0.25) is 14.6 Å². The summed E-state index contributed by atoms with van der Waals surface area (Å²) in [6.45, 7) is 0.